The monoisotopic (exact) mass is 344 g/mol. The summed E-state index contributed by atoms with van der Waals surface area (Å²) < 4.78 is 0.355. The van der Waals surface area contributed by atoms with Crippen LogP contribution in [0.3, 0.4) is 0 Å². The Labute approximate surface area is 123 Å². The highest BCUT2D eigenvalue weighted by Crippen LogP contribution is 2.28. The van der Waals surface area contributed by atoms with E-state index in [0.717, 1.165) is 0 Å². The number of nitro benzene ring substituents is 1. The number of hydrogen-bond acceptors (Lipinski definition) is 4. The van der Waals surface area contributed by atoms with Gasteiger partial charge in [0.1, 0.15) is 0 Å². The zero-order valence-corrected chi connectivity index (χ0v) is 12.4. The number of halogens is 1. The molecule has 8 heteroatoms. The van der Waals surface area contributed by atoms with E-state index in [4.69, 9.17) is 5.11 Å². The lowest BCUT2D eigenvalue weighted by Gasteiger charge is -2.18. The number of carboxylic acid groups (broad SMARTS) is 1. The smallest absolute Gasteiger partial charge is 0.309 e. The molecule has 108 valence electrons. The van der Waals surface area contributed by atoms with Crippen LogP contribution in [0.25, 0.3) is 0 Å². The number of amides is 1. The fourth-order valence-corrected chi connectivity index (χ4v) is 1.86. The number of non-ortho nitro benzene ring substituents is 1. The summed E-state index contributed by atoms with van der Waals surface area (Å²) in [6.07, 6.45) is -0.203. The van der Waals surface area contributed by atoms with Gasteiger partial charge < -0.3 is 10.4 Å². The van der Waals surface area contributed by atoms with Crippen molar-refractivity contribution in [1.29, 1.82) is 0 Å². The molecule has 0 bridgehead atoms. The van der Waals surface area contributed by atoms with Crippen molar-refractivity contribution < 1.29 is 19.6 Å². The second kappa shape index (κ2) is 6.00. The first-order chi connectivity index (χ1) is 9.13. The van der Waals surface area contributed by atoms with Crippen LogP contribution in [0.15, 0.2) is 22.7 Å². The zero-order chi connectivity index (χ0) is 15.5. The van der Waals surface area contributed by atoms with E-state index in [1.54, 1.807) is 0 Å². The van der Waals surface area contributed by atoms with Gasteiger partial charge in [0.15, 0.2) is 0 Å². The molecule has 1 aromatic carbocycles. The first-order valence-electron chi connectivity index (χ1n) is 5.60. The summed E-state index contributed by atoms with van der Waals surface area (Å²) in [4.78, 5) is 32.7. The van der Waals surface area contributed by atoms with Gasteiger partial charge in [0.25, 0.3) is 5.69 Å². The zero-order valence-electron chi connectivity index (χ0n) is 10.8. The number of nitro groups is 1. The molecule has 0 saturated carbocycles. The van der Waals surface area contributed by atoms with Gasteiger partial charge in [0.2, 0.25) is 5.91 Å². The minimum atomic E-state index is -1.18. The molecule has 0 aromatic heterocycles. The number of carbonyl (C=O) groups excluding carboxylic acids is 1. The van der Waals surface area contributed by atoms with Gasteiger partial charge in [-0.3, -0.25) is 19.7 Å². The van der Waals surface area contributed by atoms with E-state index >= 15 is 0 Å². The normalized spacial score (nSPS) is 10.9. The standard InChI is InChI=1S/C12H13BrN2O5/c1-12(2,11(17)18)6-10(16)14-9-4-3-7(15(19)20)5-8(9)13/h3-5H,6H2,1-2H3,(H,14,16)(H,17,18). The highest BCUT2D eigenvalue weighted by molar-refractivity contribution is 9.10. The molecule has 20 heavy (non-hydrogen) atoms. The molecule has 1 amide bonds. The fourth-order valence-electron chi connectivity index (χ4n) is 1.39. The van der Waals surface area contributed by atoms with E-state index < -0.39 is 22.2 Å². The van der Waals surface area contributed by atoms with Gasteiger partial charge in [-0.05, 0) is 35.8 Å². The molecule has 0 aliphatic carbocycles. The molecule has 0 radical (unpaired) electrons. The van der Waals surface area contributed by atoms with E-state index in [9.17, 15) is 19.7 Å². The van der Waals surface area contributed by atoms with Crippen LogP contribution in [0.1, 0.15) is 20.3 Å². The third-order valence-corrected chi connectivity index (χ3v) is 3.28. The van der Waals surface area contributed by atoms with Gasteiger partial charge in [-0.2, -0.15) is 0 Å². The number of carbonyl (C=O) groups is 2. The molecular formula is C12H13BrN2O5. The summed E-state index contributed by atoms with van der Waals surface area (Å²) in [5.41, 5.74) is -0.945. The van der Waals surface area contributed by atoms with E-state index in [-0.39, 0.29) is 12.1 Å². The summed E-state index contributed by atoms with van der Waals surface area (Å²) in [5, 5.41) is 22.0. The van der Waals surface area contributed by atoms with Crippen LogP contribution in [-0.2, 0) is 9.59 Å². The summed E-state index contributed by atoms with van der Waals surface area (Å²) in [7, 11) is 0. The predicted octanol–water partition coefficient (Wildman–Crippen LogP) is 2.80. The Bertz CT molecular complexity index is 571. The molecular weight excluding hydrogens is 332 g/mol. The first-order valence-corrected chi connectivity index (χ1v) is 6.40. The number of hydrogen-bond donors (Lipinski definition) is 2. The molecule has 0 unspecified atom stereocenters. The van der Waals surface area contributed by atoms with Crippen molar-refractivity contribution in [2.24, 2.45) is 5.41 Å². The third-order valence-electron chi connectivity index (χ3n) is 2.62. The Kier molecular flexibility index (Phi) is 4.83. The van der Waals surface area contributed by atoms with Crippen LogP contribution in [-0.4, -0.2) is 21.9 Å². The van der Waals surface area contributed by atoms with Gasteiger partial charge in [-0.15, -0.1) is 0 Å². The van der Waals surface area contributed by atoms with Crippen LogP contribution in [0.2, 0.25) is 0 Å². The van der Waals surface area contributed by atoms with E-state index in [2.05, 4.69) is 21.2 Å². The highest BCUT2D eigenvalue weighted by Gasteiger charge is 2.30. The van der Waals surface area contributed by atoms with Crippen LogP contribution < -0.4 is 5.32 Å². The molecule has 0 aliphatic heterocycles. The number of anilines is 1. The van der Waals surface area contributed by atoms with Gasteiger partial charge in [0, 0.05) is 23.0 Å². The summed E-state index contributed by atoms with van der Waals surface area (Å²) in [6, 6.07) is 3.90. The number of nitrogens with one attached hydrogen (secondary N) is 1. The maximum Gasteiger partial charge on any atom is 0.309 e. The van der Waals surface area contributed by atoms with Crippen molar-refractivity contribution in [2.75, 3.05) is 5.32 Å². The first kappa shape index (κ1) is 16.1. The summed E-state index contributed by atoms with van der Waals surface area (Å²) >= 11 is 3.12. The Balaban J connectivity index is 2.82. The second-order valence-electron chi connectivity index (χ2n) is 4.84. The Morgan fingerprint density at radius 2 is 2.05 bits per heavy atom. The predicted molar refractivity (Wildman–Crippen MR) is 75.5 cm³/mol. The number of nitrogens with zero attached hydrogens (tertiary/aromatic N) is 1. The minimum absolute atomic E-state index is 0.110. The average molecular weight is 345 g/mol. The van der Waals surface area contributed by atoms with Crippen molar-refractivity contribution in [3.8, 4) is 0 Å². The third kappa shape index (κ3) is 4.02. The van der Waals surface area contributed by atoms with Crippen LogP contribution in [0.5, 0.6) is 0 Å². The summed E-state index contributed by atoms with van der Waals surface area (Å²) in [6.45, 7) is 2.89. The van der Waals surface area contributed by atoms with Crippen molar-refractivity contribution in [2.45, 2.75) is 20.3 Å². The lowest BCUT2D eigenvalue weighted by Crippen LogP contribution is -2.29. The lowest BCUT2D eigenvalue weighted by molar-refractivity contribution is -0.384. The van der Waals surface area contributed by atoms with Gasteiger partial charge in [0.05, 0.1) is 16.0 Å². The molecule has 0 fully saturated rings. The highest BCUT2D eigenvalue weighted by atomic mass is 79.9. The number of rotatable bonds is 5. The number of aliphatic carboxylic acids is 1. The largest absolute Gasteiger partial charge is 0.481 e. The maximum absolute atomic E-state index is 11.8. The molecule has 1 aromatic rings. The van der Waals surface area contributed by atoms with Gasteiger partial charge >= 0.3 is 5.97 Å². The topological polar surface area (TPSA) is 110 Å². The Morgan fingerprint density at radius 1 is 1.45 bits per heavy atom. The van der Waals surface area contributed by atoms with Crippen LogP contribution in [0.4, 0.5) is 11.4 Å². The molecule has 0 heterocycles. The molecule has 0 spiro atoms. The van der Waals surface area contributed by atoms with E-state index in [1.807, 2.05) is 0 Å². The van der Waals surface area contributed by atoms with Crippen molar-refractivity contribution in [3.05, 3.63) is 32.8 Å². The quantitative estimate of drug-likeness (QED) is 0.630. The van der Waals surface area contributed by atoms with Gasteiger partial charge in [-0.1, -0.05) is 0 Å². The lowest BCUT2D eigenvalue weighted by atomic mass is 9.89. The van der Waals surface area contributed by atoms with E-state index in [1.165, 1.54) is 32.0 Å². The second-order valence-corrected chi connectivity index (χ2v) is 5.69. The number of benzene rings is 1. The molecule has 0 saturated heterocycles. The van der Waals surface area contributed by atoms with Crippen LogP contribution in [0, 0.1) is 15.5 Å². The van der Waals surface area contributed by atoms with Gasteiger partial charge in [-0.25, -0.2) is 0 Å². The SMILES string of the molecule is CC(C)(CC(=O)Nc1ccc([N+](=O)[O-])cc1Br)C(=O)O. The molecule has 2 N–H and O–H groups in total. The minimum Gasteiger partial charge on any atom is -0.481 e. The Morgan fingerprint density at radius 3 is 2.50 bits per heavy atom. The molecule has 0 aliphatic rings. The average Bonchev–Trinajstić information content (AvgIpc) is 2.30. The number of carboxylic acids is 1. The van der Waals surface area contributed by atoms with Crippen molar-refractivity contribution in [3.63, 3.8) is 0 Å². The Hall–Kier alpha value is -1.96. The molecule has 1 rings (SSSR count). The molecule has 7 nitrogen and oxygen atoms in total. The van der Waals surface area contributed by atoms with Crippen molar-refractivity contribution in [1.82, 2.24) is 0 Å². The molecule has 0 atom stereocenters. The fraction of sp³-hybridized carbons (Fsp3) is 0.333. The van der Waals surface area contributed by atoms with E-state index in [0.29, 0.717) is 10.2 Å². The summed E-state index contributed by atoms with van der Waals surface area (Å²) in [5.74, 6) is -1.55. The van der Waals surface area contributed by atoms with Crippen LogP contribution >= 0.6 is 15.9 Å². The van der Waals surface area contributed by atoms with Crippen molar-refractivity contribution >= 4 is 39.2 Å². The maximum atomic E-state index is 11.8.